The number of hydrogen-bond donors (Lipinski definition) is 1. The Hall–Kier alpha value is -3.23. The number of amides is 1. The smallest absolute Gasteiger partial charge is 0.249 e. The van der Waals surface area contributed by atoms with Gasteiger partial charge in [-0.1, -0.05) is 0 Å². The second-order valence-corrected chi connectivity index (χ2v) is 6.07. The van der Waals surface area contributed by atoms with Crippen molar-refractivity contribution < 1.29 is 13.9 Å². The van der Waals surface area contributed by atoms with E-state index in [1.807, 2.05) is 0 Å². The van der Waals surface area contributed by atoms with E-state index in [1.54, 1.807) is 29.0 Å². The van der Waals surface area contributed by atoms with Crippen molar-refractivity contribution in [1.82, 2.24) is 19.7 Å². The zero-order valence-electron chi connectivity index (χ0n) is 14.3. The number of methoxy groups -OCH3 is 1. The summed E-state index contributed by atoms with van der Waals surface area (Å²) < 4.78 is 20.6. The highest BCUT2D eigenvalue weighted by Crippen LogP contribution is 2.29. The number of carbonyl (C=O) groups excluding carboxylic acids is 1. The van der Waals surface area contributed by atoms with Crippen molar-refractivity contribution in [3.63, 3.8) is 0 Å². The van der Waals surface area contributed by atoms with Crippen LogP contribution < -0.4 is 15.0 Å². The highest BCUT2D eigenvalue weighted by Gasteiger charge is 2.33. The van der Waals surface area contributed by atoms with E-state index >= 15 is 0 Å². The lowest BCUT2D eigenvalue weighted by molar-refractivity contribution is -0.117. The van der Waals surface area contributed by atoms with Crippen LogP contribution in [0, 0.1) is 5.82 Å². The van der Waals surface area contributed by atoms with Crippen LogP contribution >= 0.6 is 0 Å². The summed E-state index contributed by atoms with van der Waals surface area (Å²) in [5.74, 6) is 0.0213. The Kier molecular flexibility index (Phi) is 3.90. The maximum atomic E-state index is 13.9. The monoisotopic (exact) mass is 356 g/mol. The molecule has 9 heteroatoms. The van der Waals surface area contributed by atoms with Gasteiger partial charge in [-0.2, -0.15) is 5.10 Å². The summed E-state index contributed by atoms with van der Waals surface area (Å²) in [6.45, 7) is 0.586. The number of aryl methyl sites for hydroxylation is 1. The van der Waals surface area contributed by atoms with E-state index in [2.05, 4.69) is 20.4 Å². The number of fused-ring (bicyclic) bond motifs is 1. The first-order valence-electron chi connectivity index (χ1n) is 8.11. The largest absolute Gasteiger partial charge is 0.494 e. The molecular weight excluding hydrogens is 339 g/mol. The molecule has 1 fully saturated rings. The third-order valence-electron chi connectivity index (χ3n) is 4.43. The number of ether oxygens (including phenoxy) is 1. The summed E-state index contributed by atoms with van der Waals surface area (Å²) in [5.41, 5.74) is 1.20. The van der Waals surface area contributed by atoms with Gasteiger partial charge in [0.25, 0.3) is 0 Å². The summed E-state index contributed by atoms with van der Waals surface area (Å²) in [7, 11) is 3.20. The lowest BCUT2D eigenvalue weighted by Crippen LogP contribution is -2.33. The average Bonchev–Trinajstić information content (AvgIpc) is 3.21. The first-order chi connectivity index (χ1) is 12.6. The predicted octanol–water partition coefficient (Wildman–Crippen LogP) is 1.73. The second kappa shape index (κ2) is 6.25. The minimum Gasteiger partial charge on any atom is -0.494 e. The first kappa shape index (κ1) is 16.2. The van der Waals surface area contributed by atoms with Crippen LogP contribution in [0.2, 0.25) is 0 Å². The lowest BCUT2D eigenvalue weighted by atomic mass is 10.2. The molecule has 134 valence electrons. The van der Waals surface area contributed by atoms with E-state index in [1.165, 1.54) is 25.6 Å². The molecule has 3 heterocycles. The quantitative estimate of drug-likeness (QED) is 0.766. The van der Waals surface area contributed by atoms with Crippen molar-refractivity contribution in [2.75, 3.05) is 23.9 Å². The Morgan fingerprint density at radius 1 is 1.35 bits per heavy atom. The Morgan fingerprint density at radius 3 is 2.92 bits per heavy atom. The number of carbonyl (C=O) groups is 1. The predicted molar refractivity (Wildman–Crippen MR) is 93.6 cm³/mol. The van der Waals surface area contributed by atoms with Gasteiger partial charge in [-0.3, -0.25) is 9.48 Å². The third kappa shape index (κ3) is 2.71. The van der Waals surface area contributed by atoms with Gasteiger partial charge in [0.15, 0.2) is 11.6 Å². The highest BCUT2D eigenvalue weighted by molar-refractivity contribution is 6.02. The first-order valence-corrected chi connectivity index (χ1v) is 8.11. The number of rotatable bonds is 4. The van der Waals surface area contributed by atoms with Crippen molar-refractivity contribution in [1.29, 1.82) is 0 Å². The van der Waals surface area contributed by atoms with Crippen LogP contribution in [0.4, 0.5) is 15.9 Å². The molecule has 1 atom stereocenters. The molecule has 8 nitrogen and oxygen atoms in total. The minimum absolute atomic E-state index is 0.0566. The second-order valence-electron chi connectivity index (χ2n) is 6.07. The molecule has 1 N–H and O–H groups in total. The number of halogens is 1. The molecule has 1 aliphatic heterocycles. The van der Waals surface area contributed by atoms with Crippen LogP contribution in [0.1, 0.15) is 6.42 Å². The van der Waals surface area contributed by atoms with Crippen molar-refractivity contribution in [3.05, 3.63) is 36.7 Å². The molecule has 1 aromatic carbocycles. The van der Waals surface area contributed by atoms with Gasteiger partial charge >= 0.3 is 0 Å². The fraction of sp³-hybridized carbons (Fsp3) is 0.294. The summed E-state index contributed by atoms with van der Waals surface area (Å²) >= 11 is 0. The Labute approximate surface area is 148 Å². The van der Waals surface area contributed by atoms with Crippen molar-refractivity contribution >= 4 is 28.3 Å². The molecule has 1 amide bonds. The zero-order valence-corrected chi connectivity index (χ0v) is 14.3. The lowest BCUT2D eigenvalue weighted by Gasteiger charge is -2.16. The van der Waals surface area contributed by atoms with Gasteiger partial charge in [-0.05, 0) is 12.5 Å². The Balaban J connectivity index is 1.62. The normalized spacial score (nSPS) is 17.1. The maximum Gasteiger partial charge on any atom is 0.249 e. The molecule has 1 aliphatic rings. The number of nitrogens with zero attached hydrogens (tertiary/aromatic N) is 5. The summed E-state index contributed by atoms with van der Waals surface area (Å²) in [6, 6.07) is 2.40. The molecule has 0 saturated carbocycles. The Bertz CT molecular complexity index is 989. The van der Waals surface area contributed by atoms with E-state index in [0.717, 1.165) is 5.69 Å². The standard InChI is InChI=1S/C17H17FN6O2/c1-23-8-10(7-21-23)24-4-3-13(17(24)25)22-16-11-5-15(26-2)12(18)6-14(11)19-9-20-16/h5-9,13H,3-4H2,1-2H3,(H,19,20,22). The molecular formula is C17H17FN6O2. The van der Waals surface area contributed by atoms with Gasteiger partial charge in [-0.15, -0.1) is 0 Å². The van der Waals surface area contributed by atoms with Gasteiger partial charge < -0.3 is 15.0 Å². The number of anilines is 2. The molecule has 0 spiro atoms. The summed E-state index contributed by atoms with van der Waals surface area (Å²) in [5, 5.41) is 7.86. The highest BCUT2D eigenvalue weighted by atomic mass is 19.1. The molecule has 2 aromatic heterocycles. The topological polar surface area (TPSA) is 85.2 Å². The van der Waals surface area contributed by atoms with Crippen LogP contribution in [0.5, 0.6) is 5.75 Å². The average molecular weight is 356 g/mol. The molecule has 26 heavy (non-hydrogen) atoms. The molecule has 0 aliphatic carbocycles. The number of nitrogens with one attached hydrogen (secondary N) is 1. The van der Waals surface area contributed by atoms with Crippen molar-refractivity contribution in [2.24, 2.45) is 7.05 Å². The number of aromatic nitrogens is 4. The van der Waals surface area contributed by atoms with E-state index in [4.69, 9.17) is 4.74 Å². The molecule has 1 saturated heterocycles. The molecule has 0 bridgehead atoms. The van der Waals surface area contributed by atoms with Gasteiger partial charge in [0.05, 0.1) is 24.5 Å². The minimum atomic E-state index is -0.496. The number of hydrogen-bond acceptors (Lipinski definition) is 6. The van der Waals surface area contributed by atoms with Crippen molar-refractivity contribution in [2.45, 2.75) is 12.5 Å². The third-order valence-corrected chi connectivity index (χ3v) is 4.43. The van der Waals surface area contributed by atoms with Crippen molar-refractivity contribution in [3.8, 4) is 5.75 Å². The van der Waals surface area contributed by atoms with Gasteiger partial charge in [0.2, 0.25) is 5.91 Å². The van der Waals surface area contributed by atoms with Crippen LogP contribution in [0.25, 0.3) is 10.9 Å². The Morgan fingerprint density at radius 2 is 2.19 bits per heavy atom. The van der Waals surface area contributed by atoms with E-state index < -0.39 is 11.9 Å². The molecule has 0 radical (unpaired) electrons. The van der Waals surface area contributed by atoms with Crippen LogP contribution in [0.15, 0.2) is 30.9 Å². The van der Waals surface area contributed by atoms with E-state index in [-0.39, 0.29) is 11.7 Å². The fourth-order valence-corrected chi connectivity index (χ4v) is 3.11. The zero-order chi connectivity index (χ0) is 18.3. The van der Waals surface area contributed by atoms with Crippen LogP contribution in [-0.4, -0.2) is 45.4 Å². The fourth-order valence-electron chi connectivity index (χ4n) is 3.11. The molecule has 1 unspecified atom stereocenters. The number of benzene rings is 1. The molecule has 3 aromatic rings. The summed E-state index contributed by atoms with van der Waals surface area (Å²) in [6.07, 6.45) is 5.43. The van der Waals surface area contributed by atoms with Gasteiger partial charge in [0.1, 0.15) is 18.2 Å². The van der Waals surface area contributed by atoms with Crippen LogP contribution in [-0.2, 0) is 11.8 Å². The van der Waals surface area contributed by atoms with E-state index in [0.29, 0.717) is 29.7 Å². The van der Waals surface area contributed by atoms with Gasteiger partial charge in [0, 0.05) is 31.2 Å². The molecule has 4 rings (SSSR count). The van der Waals surface area contributed by atoms with E-state index in [9.17, 15) is 9.18 Å². The maximum absolute atomic E-state index is 13.9. The van der Waals surface area contributed by atoms with Gasteiger partial charge in [-0.25, -0.2) is 14.4 Å². The summed E-state index contributed by atoms with van der Waals surface area (Å²) in [4.78, 5) is 22.7. The SMILES string of the molecule is COc1cc2c(NC3CCN(c4cnn(C)c4)C3=O)ncnc2cc1F. The van der Waals surface area contributed by atoms with Crippen LogP contribution in [0.3, 0.4) is 0 Å².